The van der Waals surface area contributed by atoms with Crippen LogP contribution in [-0.4, -0.2) is 39.5 Å². The number of rotatable bonds is 4. The summed E-state index contributed by atoms with van der Waals surface area (Å²) in [6, 6.07) is 15.8. The van der Waals surface area contributed by atoms with E-state index in [9.17, 15) is 64.3 Å². The zero-order chi connectivity index (χ0) is 34.7. The molecule has 4 rings (SSSR count). The van der Waals surface area contributed by atoms with Gasteiger partial charge in [0.15, 0.2) is 17.1 Å². The van der Waals surface area contributed by atoms with E-state index in [1.807, 2.05) is 0 Å². The van der Waals surface area contributed by atoms with Crippen LogP contribution in [0.25, 0.3) is 11.0 Å². The minimum absolute atomic E-state index is 0. The van der Waals surface area contributed by atoms with Crippen LogP contribution in [0.1, 0.15) is 35.3 Å². The smallest absolute Gasteiger partial charge is 0.762 e. The Morgan fingerprint density at radius 3 is 1.60 bits per heavy atom. The van der Waals surface area contributed by atoms with Crippen molar-refractivity contribution in [2.75, 3.05) is 0 Å². The summed E-state index contributed by atoms with van der Waals surface area (Å²) in [4.78, 5) is 29.2. The van der Waals surface area contributed by atoms with Gasteiger partial charge in [-0.3, -0.25) is 38.0 Å². The average Bonchev–Trinajstić information content (AvgIpc) is 3.22. The van der Waals surface area contributed by atoms with Crippen LogP contribution in [0.4, 0.5) is 50.7 Å². The minimum atomic E-state index is -4.77. The third kappa shape index (κ3) is 13.4. The summed E-state index contributed by atoms with van der Waals surface area (Å²) in [6.45, 7) is 0. The van der Waals surface area contributed by atoms with Gasteiger partial charge in [0.1, 0.15) is 6.29 Å². The van der Waals surface area contributed by atoms with E-state index in [1.54, 1.807) is 24.3 Å². The summed E-state index contributed by atoms with van der Waals surface area (Å²) in [5.74, 6) is -0.649. The number of aliphatic hydroxyl groups is 1. The molecule has 0 aliphatic rings. The molecular weight excluding hydrogens is 665 g/mol. The number of aromatic nitrogens is 2. The zero-order valence-corrected chi connectivity index (χ0v) is 23.2. The van der Waals surface area contributed by atoms with Crippen LogP contribution < -0.4 is 9.27 Å². The van der Waals surface area contributed by atoms with Crippen molar-refractivity contribution < 1.29 is 68.3 Å². The molecule has 0 spiro atoms. The summed E-state index contributed by atoms with van der Waals surface area (Å²) < 4.78 is 105. The molecule has 0 bridgehead atoms. The Balaban J connectivity index is 0. The first-order valence-electron chi connectivity index (χ1n) is 11.8. The van der Waals surface area contributed by atoms with Gasteiger partial charge in [-0.1, -0.05) is 19.6 Å². The number of alkyl halides is 6. The largest absolute Gasteiger partial charge is 1.00 e. The van der Waals surface area contributed by atoms with Gasteiger partial charge in [0.05, 0.1) is 23.9 Å². The molecule has 0 saturated carbocycles. The Labute approximate surface area is 259 Å². The van der Waals surface area contributed by atoms with Gasteiger partial charge in [-0.15, -0.1) is 0 Å². The Kier molecular flexibility index (Phi) is 17.6. The third-order valence-corrected chi connectivity index (χ3v) is 5.46. The molecule has 1 N–H and O–H groups in total. The van der Waals surface area contributed by atoms with Gasteiger partial charge in [-0.2, -0.15) is 26.3 Å². The van der Waals surface area contributed by atoms with E-state index < -0.39 is 47.2 Å². The fourth-order valence-corrected chi connectivity index (χ4v) is 3.51. The molecule has 258 valence electrons. The zero-order valence-electron chi connectivity index (χ0n) is 23.2. The van der Waals surface area contributed by atoms with E-state index in [4.69, 9.17) is 5.11 Å². The highest BCUT2D eigenvalue weighted by Crippen LogP contribution is 2.33. The van der Waals surface area contributed by atoms with Crippen molar-refractivity contribution >= 4 is 36.2 Å². The summed E-state index contributed by atoms with van der Waals surface area (Å²) in [5, 5.41) is 29.1. The number of fused-ring (bicyclic) bond motifs is 1. The Morgan fingerprint density at radius 1 is 0.851 bits per heavy atom. The maximum atomic E-state index is 12.7. The lowest BCUT2D eigenvalue weighted by Crippen LogP contribution is -3.00. The molecule has 10 nitrogen and oxygen atoms in total. The van der Waals surface area contributed by atoms with Crippen molar-refractivity contribution in [3.05, 3.63) is 110 Å². The van der Waals surface area contributed by atoms with E-state index in [-0.39, 0.29) is 23.5 Å². The van der Waals surface area contributed by atoms with Crippen molar-refractivity contribution in [1.29, 1.82) is 0 Å². The predicted octanol–water partition coefficient (Wildman–Crippen LogP) is 4.14. The third-order valence-electron chi connectivity index (χ3n) is 5.46. The lowest BCUT2D eigenvalue weighted by molar-refractivity contribution is -0.667. The molecule has 0 fully saturated rings. The predicted molar refractivity (Wildman–Crippen MR) is 148 cm³/mol. The molecule has 0 aliphatic carbocycles. The first kappa shape index (κ1) is 44.1. The number of nitro groups is 2. The highest BCUT2D eigenvalue weighted by atomic mass is 19.4. The quantitative estimate of drug-likeness (QED) is 0.0856. The topological polar surface area (TPSA) is 132 Å². The second-order valence-corrected chi connectivity index (χ2v) is 8.43. The van der Waals surface area contributed by atoms with Crippen molar-refractivity contribution in [2.24, 2.45) is 14.1 Å². The number of non-ortho nitro benzene ring substituents is 2. The van der Waals surface area contributed by atoms with Crippen LogP contribution in [0.15, 0.2) is 72.8 Å². The van der Waals surface area contributed by atoms with Gasteiger partial charge in [0, 0.05) is 29.8 Å². The molecule has 4 aromatic rings. The number of para-hydroxylation sites is 2. The van der Waals surface area contributed by atoms with Crippen LogP contribution in [0.2, 0.25) is 0 Å². The average molecular weight is 690 g/mol. The highest BCUT2D eigenvalue weighted by molar-refractivity contribution is 6.33. The summed E-state index contributed by atoms with van der Waals surface area (Å²) in [6.07, 6.45) is -11.1. The fourth-order valence-electron chi connectivity index (χ4n) is 3.51. The van der Waals surface area contributed by atoms with Crippen LogP contribution in [0.5, 0.6) is 0 Å². The van der Waals surface area contributed by atoms with E-state index in [2.05, 4.69) is 0 Å². The number of hydrogen-bond donors (Lipinski definition) is 1. The number of aryl methyl sites for hydroxylation is 2. The fraction of sp³-hybridized carbons (Fsp3) is 0.231. The maximum absolute atomic E-state index is 12.7. The van der Waals surface area contributed by atoms with Gasteiger partial charge in [-0.05, 0) is 42.0 Å². The Hall–Kier alpha value is -5.08. The van der Waals surface area contributed by atoms with E-state index >= 15 is 0 Å². The standard InChI is InChI=1S/C10H10F3N2.C8H6F3NO3.C7H5NO3.CH4.BF3.FH/c1-14-7-5-3-4-6-8(7)15(2)9(14)10(11,12)13;9-8(10,11)7(13)5-1-3-6(4-2-5)12(14)15;9-5-6-1-3-7(4-2-6)8(10)11;;2-1(3)4;/h3-6H,1-2H3;1-4,7,13H;1-5H;1H4;;1H/q+1;;;;;/p-1. The molecule has 0 saturated heterocycles. The molecule has 47 heavy (non-hydrogen) atoms. The molecule has 3 aromatic carbocycles. The molecular formula is C26H25BF10N4O6. The first-order valence-corrected chi connectivity index (χ1v) is 11.8. The number of nitrogens with zero attached hydrogens (tertiary/aromatic N) is 4. The minimum Gasteiger partial charge on any atom is -1.00 e. The SMILES string of the molecule is C.Cn1c(C(F)(F)F)[n+](C)c2ccccc21.FB(F)F.O=Cc1ccc([N+](=O)[O-])cc1.O=[N+]([O-])c1ccc(C(O)C(F)(F)F)cc1.[F-]. The number of aliphatic hydroxyl groups excluding tert-OH is 1. The van der Waals surface area contributed by atoms with Gasteiger partial charge >= 0.3 is 25.7 Å². The lowest BCUT2D eigenvalue weighted by atomic mass is 10.1. The molecule has 0 radical (unpaired) electrons. The summed E-state index contributed by atoms with van der Waals surface area (Å²) in [7, 11) is -0.823. The molecule has 21 heteroatoms. The van der Waals surface area contributed by atoms with Crippen LogP contribution in [0.3, 0.4) is 0 Å². The van der Waals surface area contributed by atoms with Crippen LogP contribution >= 0.6 is 0 Å². The van der Waals surface area contributed by atoms with Gasteiger partial charge < -0.3 is 9.81 Å². The first-order chi connectivity index (χ1) is 20.7. The van der Waals surface area contributed by atoms with Crippen molar-refractivity contribution in [3.63, 3.8) is 0 Å². The van der Waals surface area contributed by atoms with Crippen molar-refractivity contribution in [2.45, 2.75) is 25.9 Å². The van der Waals surface area contributed by atoms with Crippen molar-refractivity contribution in [1.82, 2.24) is 4.57 Å². The van der Waals surface area contributed by atoms with Gasteiger partial charge in [-0.25, -0.2) is 9.13 Å². The van der Waals surface area contributed by atoms with Crippen molar-refractivity contribution in [3.8, 4) is 0 Å². The molecule has 0 aliphatic heterocycles. The number of carbonyl (C=O) groups is 1. The molecule has 1 atom stereocenters. The number of halogens is 10. The van der Waals surface area contributed by atoms with Crippen LogP contribution in [-0.2, 0) is 20.3 Å². The maximum Gasteiger partial charge on any atom is 0.762 e. The van der Waals surface area contributed by atoms with E-state index in [1.165, 1.54) is 38.4 Å². The normalized spacial score (nSPS) is 11.0. The second kappa shape index (κ2) is 18.8. The lowest BCUT2D eigenvalue weighted by Gasteiger charge is -2.14. The van der Waals surface area contributed by atoms with Crippen LogP contribution in [0, 0.1) is 20.2 Å². The molecule has 1 unspecified atom stereocenters. The Morgan fingerprint density at radius 2 is 1.26 bits per heavy atom. The monoisotopic (exact) mass is 690 g/mol. The number of benzene rings is 3. The second-order valence-electron chi connectivity index (χ2n) is 8.43. The number of hydrogen-bond acceptors (Lipinski definition) is 6. The Bertz CT molecular complexity index is 1540. The molecule has 1 aromatic heterocycles. The van der Waals surface area contributed by atoms with Gasteiger partial charge in [0.25, 0.3) is 11.4 Å². The number of aldehydes is 1. The van der Waals surface area contributed by atoms with E-state index in [0.29, 0.717) is 22.9 Å². The summed E-state index contributed by atoms with van der Waals surface area (Å²) in [5.41, 5.74) is 0.840. The number of imidazole rings is 1. The summed E-state index contributed by atoms with van der Waals surface area (Å²) >= 11 is 0. The number of carbonyl (C=O) groups excluding carboxylic acids is 1. The molecule has 1 heterocycles. The molecule has 0 amide bonds. The van der Waals surface area contributed by atoms with E-state index in [0.717, 1.165) is 33.4 Å². The van der Waals surface area contributed by atoms with Gasteiger partial charge in [0.2, 0.25) is 0 Å². The number of nitro benzene ring substituents is 2. The highest BCUT2D eigenvalue weighted by Gasteiger charge is 2.45.